The highest BCUT2D eigenvalue weighted by Gasteiger charge is 2.38. The minimum Gasteiger partial charge on any atom is -0.486 e. The van der Waals surface area contributed by atoms with Gasteiger partial charge >= 0.3 is 5.97 Å². The Balaban J connectivity index is 2.76. The Morgan fingerprint density at radius 1 is 1.58 bits per heavy atom. The van der Waals surface area contributed by atoms with Crippen LogP contribution in [0, 0.1) is 10.1 Å². The number of carbonyl (C=O) groups is 1. The summed E-state index contributed by atoms with van der Waals surface area (Å²) in [6.45, 7) is 3.62. The summed E-state index contributed by atoms with van der Waals surface area (Å²) in [7, 11) is 1.56. The number of carboxylic acids is 1. The number of rotatable bonds is 3. The van der Waals surface area contributed by atoms with Crippen molar-refractivity contribution < 1.29 is 19.6 Å². The molecule has 19 heavy (non-hydrogen) atoms. The molecule has 7 nitrogen and oxygen atoms in total. The molecule has 102 valence electrons. The third-order valence-corrected chi connectivity index (χ3v) is 3.02. The Morgan fingerprint density at radius 3 is 2.68 bits per heavy atom. The molecule has 0 spiro atoms. The summed E-state index contributed by atoms with van der Waals surface area (Å²) in [5.74, 6) is -1.02. The van der Waals surface area contributed by atoms with E-state index in [0.717, 1.165) is 6.07 Å². The van der Waals surface area contributed by atoms with Crippen LogP contribution in [-0.4, -0.2) is 28.6 Å². The number of fused-ring (bicyclic) bond motifs is 1. The van der Waals surface area contributed by atoms with Crippen molar-refractivity contribution in [2.24, 2.45) is 0 Å². The van der Waals surface area contributed by atoms with E-state index >= 15 is 0 Å². The molecule has 0 saturated carbocycles. The molecule has 0 fully saturated rings. The van der Waals surface area contributed by atoms with E-state index in [4.69, 9.17) is 9.84 Å². The van der Waals surface area contributed by atoms with Crippen LogP contribution in [0.2, 0.25) is 0 Å². The van der Waals surface area contributed by atoms with Gasteiger partial charge < -0.3 is 15.2 Å². The van der Waals surface area contributed by atoms with Crippen molar-refractivity contribution >= 4 is 17.3 Å². The lowest BCUT2D eigenvalue weighted by molar-refractivity contribution is -0.384. The molecule has 0 bridgehead atoms. The predicted molar refractivity (Wildman–Crippen MR) is 68.0 cm³/mol. The monoisotopic (exact) mass is 266 g/mol. The Labute approximate surface area is 109 Å². The highest BCUT2D eigenvalue weighted by molar-refractivity contribution is 5.95. The Kier molecular flexibility index (Phi) is 2.84. The predicted octanol–water partition coefficient (Wildman–Crippen LogP) is 2.05. The second-order valence-corrected chi connectivity index (χ2v) is 4.98. The average Bonchev–Trinajstić information content (AvgIpc) is 2.60. The van der Waals surface area contributed by atoms with Gasteiger partial charge in [-0.05, 0) is 13.8 Å². The Hall–Kier alpha value is -2.31. The van der Waals surface area contributed by atoms with Crippen LogP contribution in [0.5, 0.6) is 5.75 Å². The van der Waals surface area contributed by atoms with Gasteiger partial charge in [-0.1, -0.05) is 0 Å². The molecule has 0 saturated heterocycles. The number of carboxylic acid groups (broad SMARTS) is 1. The van der Waals surface area contributed by atoms with Gasteiger partial charge in [0.15, 0.2) is 0 Å². The number of anilines is 1. The van der Waals surface area contributed by atoms with Crippen LogP contribution in [0.15, 0.2) is 6.07 Å². The van der Waals surface area contributed by atoms with Crippen molar-refractivity contribution in [1.82, 2.24) is 0 Å². The van der Waals surface area contributed by atoms with Gasteiger partial charge in [-0.2, -0.15) is 0 Å². The summed E-state index contributed by atoms with van der Waals surface area (Å²) >= 11 is 0. The number of nitrogens with one attached hydrogen (secondary N) is 1. The fourth-order valence-electron chi connectivity index (χ4n) is 2.31. The average molecular weight is 266 g/mol. The molecule has 0 atom stereocenters. The van der Waals surface area contributed by atoms with E-state index in [1.165, 1.54) is 0 Å². The van der Waals surface area contributed by atoms with Crippen LogP contribution >= 0.6 is 0 Å². The van der Waals surface area contributed by atoms with Crippen molar-refractivity contribution in [2.45, 2.75) is 25.9 Å². The van der Waals surface area contributed by atoms with Gasteiger partial charge in [-0.15, -0.1) is 0 Å². The van der Waals surface area contributed by atoms with Crippen molar-refractivity contribution in [3.63, 3.8) is 0 Å². The van der Waals surface area contributed by atoms with Gasteiger partial charge in [0, 0.05) is 25.1 Å². The zero-order valence-corrected chi connectivity index (χ0v) is 10.8. The summed E-state index contributed by atoms with van der Waals surface area (Å²) in [5, 5.41) is 23.0. The molecule has 2 N–H and O–H groups in total. The van der Waals surface area contributed by atoms with Crippen LogP contribution in [0.3, 0.4) is 0 Å². The fourth-order valence-corrected chi connectivity index (χ4v) is 2.31. The second kappa shape index (κ2) is 4.11. The molecular formula is C12H14N2O5. The molecule has 7 heteroatoms. The molecule has 0 radical (unpaired) electrons. The maximum atomic E-state index is 11.2. The number of nitro groups is 1. The van der Waals surface area contributed by atoms with Crippen molar-refractivity contribution in [3.05, 3.63) is 27.3 Å². The SMILES string of the molecule is CNc1c([N+](=O)[O-])cc(C(=O)O)c2c1CC(C)(C)O2. The summed E-state index contributed by atoms with van der Waals surface area (Å²) in [6, 6.07) is 1.04. The molecule has 0 amide bonds. The van der Waals surface area contributed by atoms with Gasteiger partial charge in [0.1, 0.15) is 22.6 Å². The second-order valence-electron chi connectivity index (χ2n) is 4.98. The maximum absolute atomic E-state index is 11.2. The highest BCUT2D eigenvalue weighted by Crippen LogP contribution is 2.46. The highest BCUT2D eigenvalue weighted by atomic mass is 16.6. The van der Waals surface area contributed by atoms with Crippen LogP contribution in [-0.2, 0) is 6.42 Å². The number of ether oxygens (including phenoxy) is 1. The molecule has 1 aromatic rings. The van der Waals surface area contributed by atoms with Crippen LogP contribution in [0.4, 0.5) is 11.4 Å². The standard InChI is InChI=1S/C12H14N2O5/c1-12(2)5-7-9(13-3)8(14(17)18)4-6(11(15)16)10(7)19-12/h4,13H,5H2,1-3H3,(H,15,16). The van der Waals surface area contributed by atoms with Gasteiger partial charge in [0.2, 0.25) is 0 Å². The lowest BCUT2D eigenvalue weighted by atomic mass is 9.97. The van der Waals surface area contributed by atoms with Crippen molar-refractivity contribution in [1.29, 1.82) is 0 Å². The number of benzene rings is 1. The molecule has 1 aromatic carbocycles. The minimum absolute atomic E-state index is 0.175. The van der Waals surface area contributed by atoms with E-state index in [1.54, 1.807) is 7.05 Å². The first-order valence-corrected chi connectivity index (χ1v) is 5.71. The lowest BCUT2D eigenvalue weighted by Crippen LogP contribution is -2.25. The first kappa shape index (κ1) is 13.1. The summed E-state index contributed by atoms with van der Waals surface area (Å²) in [5.41, 5.74) is -0.145. The van der Waals surface area contributed by atoms with Gasteiger partial charge in [0.25, 0.3) is 5.69 Å². The fraction of sp³-hybridized carbons (Fsp3) is 0.417. The first-order chi connectivity index (χ1) is 8.76. The number of aromatic carboxylic acids is 1. The van der Waals surface area contributed by atoms with Gasteiger partial charge in [0.05, 0.1) is 4.92 Å². The number of hydrogen-bond donors (Lipinski definition) is 2. The van der Waals surface area contributed by atoms with E-state index in [2.05, 4.69) is 5.32 Å². The summed E-state index contributed by atoms with van der Waals surface area (Å²) < 4.78 is 5.62. The van der Waals surface area contributed by atoms with Crippen LogP contribution < -0.4 is 10.1 Å². The van der Waals surface area contributed by atoms with Crippen molar-refractivity contribution in [3.8, 4) is 5.75 Å². The molecule has 0 aromatic heterocycles. The third kappa shape index (κ3) is 2.07. The maximum Gasteiger partial charge on any atom is 0.339 e. The number of hydrogen-bond acceptors (Lipinski definition) is 5. The molecule has 1 aliphatic rings. The molecule has 2 rings (SSSR count). The smallest absolute Gasteiger partial charge is 0.339 e. The Bertz CT molecular complexity index is 580. The van der Waals surface area contributed by atoms with E-state index in [0.29, 0.717) is 17.7 Å². The number of nitro benzene ring substituents is 1. The third-order valence-electron chi connectivity index (χ3n) is 3.02. The molecule has 1 heterocycles. The molecule has 0 aliphatic carbocycles. The summed E-state index contributed by atoms with van der Waals surface area (Å²) in [6.07, 6.45) is 0.417. The van der Waals surface area contributed by atoms with E-state index in [1.807, 2.05) is 13.8 Å². The largest absolute Gasteiger partial charge is 0.486 e. The van der Waals surface area contributed by atoms with Gasteiger partial charge in [-0.3, -0.25) is 10.1 Å². The normalized spacial score (nSPS) is 15.5. The van der Waals surface area contributed by atoms with E-state index in [9.17, 15) is 14.9 Å². The molecule has 1 aliphatic heterocycles. The number of nitrogens with zero attached hydrogens (tertiary/aromatic N) is 1. The van der Waals surface area contributed by atoms with E-state index in [-0.39, 0.29) is 17.0 Å². The minimum atomic E-state index is -1.24. The topological polar surface area (TPSA) is 102 Å². The van der Waals surface area contributed by atoms with Crippen molar-refractivity contribution in [2.75, 3.05) is 12.4 Å². The zero-order chi connectivity index (χ0) is 14.4. The molecule has 0 unspecified atom stereocenters. The molecular weight excluding hydrogens is 252 g/mol. The lowest BCUT2D eigenvalue weighted by Gasteiger charge is -2.17. The van der Waals surface area contributed by atoms with Crippen LogP contribution in [0.25, 0.3) is 0 Å². The summed E-state index contributed by atoms with van der Waals surface area (Å²) in [4.78, 5) is 21.7. The Morgan fingerprint density at radius 2 is 2.21 bits per heavy atom. The first-order valence-electron chi connectivity index (χ1n) is 5.71. The quantitative estimate of drug-likeness (QED) is 0.641. The van der Waals surface area contributed by atoms with Gasteiger partial charge in [-0.25, -0.2) is 4.79 Å². The van der Waals surface area contributed by atoms with Crippen LogP contribution in [0.1, 0.15) is 29.8 Å². The van der Waals surface area contributed by atoms with E-state index < -0.39 is 16.5 Å². The zero-order valence-electron chi connectivity index (χ0n) is 10.8.